The van der Waals surface area contributed by atoms with E-state index in [1.165, 1.54) is 0 Å². The van der Waals surface area contributed by atoms with Gasteiger partial charge in [-0.15, -0.1) is 0 Å². The van der Waals surface area contributed by atoms with E-state index in [4.69, 9.17) is 22.2 Å². The lowest BCUT2D eigenvalue weighted by Gasteiger charge is -2.16. The van der Waals surface area contributed by atoms with Crippen molar-refractivity contribution in [2.45, 2.75) is 20.5 Å². The molecule has 4 N–H and O–H groups in total. The van der Waals surface area contributed by atoms with Crippen molar-refractivity contribution < 1.29 is 9.53 Å². The highest BCUT2D eigenvalue weighted by Crippen LogP contribution is 2.31. The SMILES string of the molecule is Cc1cc(-c2ncccc2Cl)ccc1COc1c(C)cccc1NC(=O)NN. The number of rotatable bonds is 5. The van der Waals surface area contributed by atoms with Gasteiger partial charge in [-0.2, -0.15) is 0 Å². The van der Waals surface area contributed by atoms with E-state index >= 15 is 0 Å². The highest BCUT2D eigenvalue weighted by atomic mass is 35.5. The fourth-order valence-electron chi connectivity index (χ4n) is 2.85. The maximum Gasteiger partial charge on any atom is 0.333 e. The average Bonchev–Trinajstić information content (AvgIpc) is 2.68. The second-order valence-electron chi connectivity index (χ2n) is 6.31. The summed E-state index contributed by atoms with van der Waals surface area (Å²) < 4.78 is 6.02. The average molecular weight is 397 g/mol. The number of pyridine rings is 1. The third-order valence-corrected chi connectivity index (χ3v) is 4.64. The molecule has 6 nitrogen and oxygen atoms in total. The molecule has 144 valence electrons. The maximum atomic E-state index is 11.6. The van der Waals surface area contributed by atoms with Crippen LogP contribution in [0.15, 0.2) is 54.7 Å². The van der Waals surface area contributed by atoms with Crippen LogP contribution < -0.4 is 21.3 Å². The minimum absolute atomic E-state index is 0.353. The molecule has 0 aliphatic rings. The Hall–Kier alpha value is -3.09. The first-order valence-corrected chi connectivity index (χ1v) is 9.08. The Balaban J connectivity index is 1.81. The third kappa shape index (κ3) is 4.42. The molecule has 2 aromatic carbocycles. The zero-order chi connectivity index (χ0) is 20.1. The molecule has 0 radical (unpaired) electrons. The zero-order valence-corrected chi connectivity index (χ0v) is 16.4. The Kier molecular flexibility index (Phi) is 6.13. The second kappa shape index (κ2) is 8.73. The van der Waals surface area contributed by atoms with Crippen molar-refractivity contribution in [3.8, 4) is 17.0 Å². The van der Waals surface area contributed by atoms with Crippen LogP contribution in [-0.4, -0.2) is 11.0 Å². The predicted molar refractivity (Wildman–Crippen MR) is 111 cm³/mol. The van der Waals surface area contributed by atoms with Gasteiger partial charge in [0, 0.05) is 11.8 Å². The molecule has 3 rings (SSSR count). The van der Waals surface area contributed by atoms with Crippen LogP contribution in [0.5, 0.6) is 5.75 Å². The lowest BCUT2D eigenvalue weighted by Crippen LogP contribution is -2.34. The van der Waals surface area contributed by atoms with Crippen molar-refractivity contribution in [3.63, 3.8) is 0 Å². The van der Waals surface area contributed by atoms with E-state index < -0.39 is 6.03 Å². The number of ether oxygens (including phenoxy) is 1. The smallest absolute Gasteiger partial charge is 0.333 e. The largest absolute Gasteiger partial charge is 0.486 e. The van der Waals surface area contributed by atoms with Crippen molar-refractivity contribution in [1.82, 2.24) is 10.4 Å². The van der Waals surface area contributed by atoms with Gasteiger partial charge in [-0.3, -0.25) is 10.4 Å². The number of carbonyl (C=O) groups excluding carboxylic acids is 1. The molecular weight excluding hydrogens is 376 g/mol. The third-order valence-electron chi connectivity index (χ3n) is 4.34. The van der Waals surface area contributed by atoms with E-state index in [0.717, 1.165) is 27.9 Å². The van der Waals surface area contributed by atoms with Gasteiger partial charge in [-0.05, 0) is 54.8 Å². The van der Waals surface area contributed by atoms with Crippen LogP contribution in [-0.2, 0) is 6.61 Å². The molecule has 2 amide bonds. The van der Waals surface area contributed by atoms with Gasteiger partial charge >= 0.3 is 6.03 Å². The fraction of sp³-hybridized carbons (Fsp3) is 0.143. The summed E-state index contributed by atoms with van der Waals surface area (Å²) in [6.07, 6.45) is 1.72. The first kappa shape index (κ1) is 19.7. The molecule has 0 saturated heterocycles. The van der Waals surface area contributed by atoms with Crippen LogP contribution in [0, 0.1) is 13.8 Å². The highest BCUT2D eigenvalue weighted by molar-refractivity contribution is 6.33. The molecule has 0 aliphatic heterocycles. The quantitative estimate of drug-likeness (QED) is 0.334. The number of para-hydroxylation sites is 1. The number of benzene rings is 2. The Morgan fingerprint density at radius 2 is 1.96 bits per heavy atom. The van der Waals surface area contributed by atoms with E-state index in [2.05, 4.69) is 10.3 Å². The van der Waals surface area contributed by atoms with Crippen LogP contribution >= 0.6 is 11.6 Å². The number of nitrogens with two attached hydrogens (primary N) is 1. The molecule has 0 aliphatic carbocycles. The Labute approximate surface area is 168 Å². The molecule has 0 saturated carbocycles. The molecule has 1 heterocycles. The maximum absolute atomic E-state index is 11.6. The molecule has 0 fully saturated rings. The van der Waals surface area contributed by atoms with Gasteiger partial charge in [0.05, 0.1) is 16.4 Å². The number of carbonyl (C=O) groups is 1. The van der Waals surface area contributed by atoms with Gasteiger partial charge in [0.15, 0.2) is 0 Å². The number of anilines is 1. The summed E-state index contributed by atoms with van der Waals surface area (Å²) in [7, 11) is 0. The number of hydrazine groups is 1. The first-order valence-electron chi connectivity index (χ1n) is 8.70. The number of hydrogen-bond donors (Lipinski definition) is 3. The van der Waals surface area contributed by atoms with Crippen LogP contribution in [0.3, 0.4) is 0 Å². The van der Waals surface area contributed by atoms with Crippen molar-refractivity contribution in [3.05, 3.63) is 76.4 Å². The first-order chi connectivity index (χ1) is 13.5. The number of amides is 2. The topological polar surface area (TPSA) is 89.3 Å². The molecule has 0 unspecified atom stereocenters. The Morgan fingerprint density at radius 3 is 2.68 bits per heavy atom. The van der Waals surface area contributed by atoms with Crippen LogP contribution in [0.25, 0.3) is 11.3 Å². The molecule has 1 aromatic heterocycles. The number of halogens is 1. The lowest BCUT2D eigenvalue weighted by atomic mass is 10.0. The van der Waals surface area contributed by atoms with E-state index in [9.17, 15) is 4.79 Å². The molecule has 0 spiro atoms. The van der Waals surface area contributed by atoms with E-state index in [1.807, 2.05) is 55.7 Å². The predicted octanol–water partition coefficient (Wildman–Crippen LogP) is 4.59. The van der Waals surface area contributed by atoms with Gasteiger partial charge in [-0.25, -0.2) is 10.6 Å². The van der Waals surface area contributed by atoms with Gasteiger partial charge < -0.3 is 10.1 Å². The lowest BCUT2D eigenvalue weighted by molar-refractivity contribution is 0.252. The van der Waals surface area contributed by atoms with Gasteiger partial charge in [-0.1, -0.05) is 35.9 Å². The number of hydrogen-bond acceptors (Lipinski definition) is 4. The van der Waals surface area contributed by atoms with E-state index in [-0.39, 0.29) is 0 Å². The molecule has 0 bridgehead atoms. The zero-order valence-electron chi connectivity index (χ0n) is 15.6. The molecular formula is C21H21ClN4O2. The van der Waals surface area contributed by atoms with Crippen molar-refractivity contribution in [2.24, 2.45) is 5.84 Å². The van der Waals surface area contributed by atoms with Gasteiger partial charge in [0.25, 0.3) is 0 Å². The molecule has 3 aromatic rings. The van der Waals surface area contributed by atoms with Crippen molar-refractivity contribution in [2.75, 3.05) is 5.32 Å². The Morgan fingerprint density at radius 1 is 1.14 bits per heavy atom. The van der Waals surface area contributed by atoms with Crippen molar-refractivity contribution >= 4 is 23.3 Å². The fourth-order valence-corrected chi connectivity index (χ4v) is 3.08. The number of nitrogens with zero attached hydrogens (tertiary/aromatic N) is 1. The minimum Gasteiger partial charge on any atom is -0.486 e. The number of aromatic nitrogens is 1. The van der Waals surface area contributed by atoms with Crippen LogP contribution in [0.1, 0.15) is 16.7 Å². The summed E-state index contributed by atoms with van der Waals surface area (Å²) in [4.78, 5) is 15.9. The second-order valence-corrected chi connectivity index (χ2v) is 6.72. The molecule has 0 atom stereocenters. The summed E-state index contributed by atoms with van der Waals surface area (Å²) in [5, 5.41) is 3.28. The Bertz CT molecular complexity index is 1010. The number of nitrogens with one attached hydrogen (secondary N) is 2. The number of urea groups is 1. The molecule has 28 heavy (non-hydrogen) atoms. The van der Waals surface area contributed by atoms with Gasteiger partial charge in [0.1, 0.15) is 12.4 Å². The monoisotopic (exact) mass is 396 g/mol. The van der Waals surface area contributed by atoms with Crippen LogP contribution in [0.4, 0.5) is 10.5 Å². The normalized spacial score (nSPS) is 10.4. The standard InChI is InChI=1S/C21H21ClN4O2/c1-13-5-3-7-18(25-21(27)26-23)20(13)28-12-16-9-8-15(11-14(16)2)19-17(22)6-4-10-24-19/h3-11H,12,23H2,1-2H3,(H2,25,26,27). The highest BCUT2D eigenvalue weighted by Gasteiger charge is 2.12. The van der Waals surface area contributed by atoms with Gasteiger partial charge in [0.2, 0.25) is 0 Å². The summed E-state index contributed by atoms with van der Waals surface area (Å²) in [5.41, 5.74) is 7.28. The molecule has 7 heteroatoms. The summed E-state index contributed by atoms with van der Waals surface area (Å²) in [6, 6.07) is 14.6. The summed E-state index contributed by atoms with van der Waals surface area (Å²) in [5.74, 6) is 5.75. The van der Waals surface area contributed by atoms with Crippen LogP contribution in [0.2, 0.25) is 5.02 Å². The minimum atomic E-state index is -0.511. The summed E-state index contributed by atoms with van der Waals surface area (Å²) >= 11 is 6.24. The summed E-state index contributed by atoms with van der Waals surface area (Å²) in [6.45, 7) is 4.28. The van der Waals surface area contributed by atoms with E-state index in [1.54, 1.807) is 18.3 Å². The van der Waals surface area contributed by atoms with Crippen molar-refractivity contribution in [1.29, 1.82) is 0 Å². The van der Waals surface area contributed by atoms with E-state index in [0.29, 0.717) is 23.1 Å². The number of aryl methyl sites for hydroxylation is 2.